The molecule has 0 spiro atoms. The molecule has 0 aliphatic rings. The summed E-state index contributed by atoms with van der Waals surface area (Å²) in [5.41, 5.74) is 1.87. The van der Waals surface area contributed by atoms with Gasteiger partial charge >= 0.3 is 6.18 Å². The van der Waals surface area contributed by atoms with Crippen LogP contribution in [-0.2, 0) is 17.6 Å². The van der Waals surface area contributed by atoms with Gasteiger partial charge in [0.25, 0.3) is 0 Å². The molecule has 2 rings (SSSR count). The number of halogens is 3. The minimum absolute atomic E-state index is 0.118. The van der Waals surface area contributed by atoms with Crippen LogP contribution in [0.4, 0.5) is 19.0 Å². The van der Waals surface area contributed by atoms with Gasteiger partial charge in [0.15, 0.2) is 0 Å². The first-order valence-electron chi connectivity index (χ1n) is 9.34. The first kappa shape index (κ1) is 24.4. The molecule has 2 aromatic rings. The van der Waals surface area contributed by atoms with Crippen LogP contribution in [-0.4, -0.2) is 30.5 Å². The Balaban J connectivity index is 0.00000204. The SMILES string of the molecule is C=C.CCC(=O)Cc1cccnc1NC(CNC)c1ccc(CC(F)(F)F)cc1. The number of pyridine rings is 1. The van der Waals surface area contributed by atoms with E-state index in [2.05, 4.69) is 28.8 Å². The molecule has 1 aromatic heterocycles. The lowest BCUT2D eigenvalue weighted by atomic mass is 10.0. The minimum Gasteiger partial charge on any atom is -0.362 e. The van der Waals surface area contributed by atoms with Crippen LogP contribution < -0.4 is 10.6 Å². The predicted molar refractivity (Wildman–Crippen MR) is 111 cm³/mol. The van der Waals surface area contributed by atoms with Crippen molar-refractivity contribution >= 4 is 11.6 Å². The molecule has 0 saturated heterocycles. The Labute approximate surface area is 170 Å². The largest absolute Gasteiger partial charge is 0.393 e. The highest BCUT2D eigenvalue weighted by molar-refractivity contribution is 5.81. The molecule has 1 atom stereocenters. The quantitative estimate of drug-likeness (QED) is 0.582. The lowest BCUT2D eigenvalue weighted by Crippen LogP contribution is -2.25. The zero-order valence-electron chi connectivity index (χ0n) is 16.9. The van der Waals surface area contributed by atoms with E-state index in [1.807, 2.05) is 13.0 Å². The highest BCUT2D eigenvalue weighted by Crippen LogP contribution is 2.25. The van der Waals surface area contributed by atoms with Gasteiger partial charge in [-0.3, -0.25) is 4.79 Å². The number of anilines is 1. The third kappa shape index (κ3) is 8.48. The second kappa shape index (κ2) is 12.0. The maximum atomic E-state index is 12.5. The number of nitrogens with one attached hydrogen (secondary N) is 2. The van der Waals surface area contributed by atoms with Crippen LogP contribution in [0.25, 0.3) is 0 Å². The van der Waals surface area contributed by atoms with Crippen LogP contribution in [0.3, 0.4) is 0 Å². The number of rotatable bonds is 9. The standard InChI is InChI=1S/C20H24F3N3O.C2H4/c1-3-17(27)11-16-5-4-10-25-19(16)26-18(13-24-2)15-8-6-14(7-9-15)12-20(21,22)23;1-2/h4-10,18,24H,3,11-13H2,1-2H3,(H,25,26);1-2H2. The van der Waals surface area contributed by atoms with E-state index in [0.29, 0.717) is 25.2 Å². The fourth-order valence-corrected chi connectivity index (χ4v) is 2.77. The number of likely N-dealkylation sites (N-methyl/N-ethyl adjacent to an activating group) is 1. The highest BCUT2D eigenvalue weighted by atomic mass is 19.4. The van der Waals surface area contributed by atoms with Gasteiger partial charge in [-0.1, -0.05) is 37.3 Å². The number of carbonyl (C=O) groups is 1. The van der Waals surface area contributed by atoms with Crippen LogP contribution >= 0.6 is 0 Å². The molecule has 0 aliphatic carbocycles. The van der Waals surface area contributed by atoms with E-state index in [-0.39, 0.29) is 17.4 Å². The summed E-state index contributed by atoms with van der Waals surface area (Å²) in [6.07, 6.45) is -2.77. The Morgan fingerprint density at radius 2 is 1.83 bits per heavy atom. The fraction of sp³-hybridized carbons (Fsp3) is 0.364. The molecule has 29 heavy (non-hydrogen) atoms. The van der Waals surface area contributed by atoms with Crippen molar-refractivity contribution in [3.63, 3.8) is 0 Å². The van der Waals surface area contributed by atoms with Gasteiger partial charge in [-0.2, -0.15) is 13.2 Å². The third-order valence-electron chi connectivity index (χ3n) is 4.18. The summed E-state index contributed by atoms with van der Waals surface area (Å²) < 4.78 is 37.6. The van der Waals surface area contributed by atoms with Crippen molar-refractivity contribution in [1.82, 2.24) is 10.3 Å². The first-order chi connectivity index (χ1) is 13.8. The summed E-state index contributed by atoms with van der Waals surface area (Å²) in [5, 5.41) is 6.39. The second-order valence-electron chi connectivity index (χ2n) is 6.37. The summed E-state index contributed by atoms with van der Waals surface area (Å²) in [6, 6.07) is 9.81. The van der Waals surface area contributed by atoms with Gasteiger partial charge in [-0.05, 0) is 24.2 Å². The molecular formula is C22H28F3N3O. The Kier molecular flexibility index (Phi) is 10.1. The van der Waals surface area contributed by atoms with Crippen molar-refractivity contribution in [2.75, 3.05) is 18.9 Å². The number of benzene rings is 1. The zero-order valence-corrected chi connectivity index (χ0v) is 16.9. The van der Waals surface area contributed by atoms with Crippen LogP contribution in [0.5, 0.6) is 0 Å². The van der Waals surface area contributed by atoms with E-state index < -0.39 is 12.6 Å². The van der Waals surface area contributed by atoms with Crippen molar-refractivity contribution in [2.45, 2.75) is 38.4 Å². The fourth-order valence-electron chi connectivity index (χ4n) is 2.77. The summed E-state index contributed by atoms with van der Waals surface area (Å²) in [6.45, 7) is 8.37. The maximum absolute atomic E-state index is 12.5. The molecule has 0 aliphatic heterocycles. The molecule has 4 nitrogen and oxygen atoms in total. The van der Waals surface area contributed by atoms with Gasteiger partial charge in [0.05, 0.1) is 12.5 Å². The zero-order chi connectivity index (χ0) is 21.9. The minimum atomic E-state index is -4.22. The molecule has 0 radical (unpaired) electrons. The molecule has 0 saturated carbocycles. The summed E-state index contributed by atoms with van der Waals surface area (Å²) in [7, 11) is 1.80. The van der Waals surface area contributed by atoms with E-state index in [1.54, 1.807) is 31.4 Å². The Morgan fingerprint density at radius 1 is 1.17 bits per heavy atom. The molecule has 158 valence electrons. The maximum Gasteiger partial charge on any atom is 0.393 e. The van der Waals surface area contributed by atoms with Gasteiger partial charge < -0.3 is 10.6 Å². The van der Waals surface area contributed by atoms with Crippen molar-refractivity contribution < 1.29 is 18.0 Å². The molecule has 1 aromatic carbocycles. The normalized spacial score (nSPS) is 11.9. The number of nitrogens with zero attached hydrogens (tertiary/aromatic N) is 1. The Morgan fingerprint density at radius 3 is 2.38 bits per heavy atom. The number of aromatic nitrogens is 1. The van der Waals surface area contributed by atoms with Crippen LogP contribution in [0.2, 0.25) is 0 Å². The topological polar surface area (TPSA) is 54.0 Å². The second-order valence-corrected chi connectivity index (χ2v) is 6.37. The number of Topliss-reactive ketones (excluding diaryl/α,β-unsaturated/α-hetero) is 1. The van der Waals surface area contributed by atoms with Gasteiger partial charge in [-0.15, -0.1) is 13.2 Å². The molecule has 2 N–H and O–H groups in total. The molecule has 1 unspecified atom stereocenters. The summed E-state index contributed by atoms with van der Waals surface area (Å²) in [5.74, 6) is 0.728. The highest BCUT2D eigenvalue weighted by Gasteiger charge is 2.27. The van der Waals surface area contributed by atoms with E-state index in [4.69, 9.17) is 0 Å². The predicted octanol–water partition coefficient (Wildman–Crippen LogP) is 4.88. The Bertz CT molecular complexity index is 761. The molecule has 7 heteroatoms. The van der Waals surface area contributed by atoms with Gasteiger partial charge in [0.1, 0.15) is 11.6 Å². The van der Waals surface area contributed by atoms with Crippen molar-refractivity contribution in [1.29, 1.82) is 0 Å². The molecular weight excluding hydrogens is 379 g/mol. The van der Waals surface area contributed by atoms with Crippen molar-refractivity contribution in [3.05, 3.63) is 72.4 Å². The Hall–Kier alpha value is -2.67. The molecule has 0 fully saturated rings. The van der Waals surface area contributed by atoms with Crippen LogP contribution in [0.15, 0.2) is 55.8 Å². The number of carbonyl (C=O) groups excluding carboxylic acids is 1. The number of hydrogen-bond donors (Lipinski definition) is 2. The summed E-state index contributed by atoms with van der Waals surface area (Å²) in [4.78, 5) is 16.1. The van der Waals surface area contributed by atoms with E-state index >= 15 is 0 Å². The first-order valence-corrected chi connectivity index (χ1v) is 9.34. The monoisotopic (exact) mass is 407 g/mol. The third-order valence-corrected chi connectivity index (χ3v) is 4.18. The van der Waals surface area contributed by atoms with E-state index in [0.717, 1.165) is 11.1 Å². The average Bonchev–Trinajstić information content (AvgIpc) is 2.70. The summed E-state index contributed by atoms with van der Waals surface area (Å²) >= 11 is 0. The molecule has 0 bridgehead atoms. The lowest BCUT2D eigenvalue weighted by molar-refractivity contribution is -0.127. The van der Waals surface area contributed by atoms with Crippen LogP contribution in [0, 0.1) is 0 Å². The molecule has 0 amide bonds. The van der Waals surface area contributed by atoms with Crippen LogP contribution in [0.1, 0.15) is 36.1 Å². The van der Waals surface area contributed by atoms with E-state index in [1.165, 1.54) is 12.1 Å². The van der Waals surface area contributed by atoms with E-state index in [9.17, 15) is 18.0 Å². The lowest BCUT2D eigenvalue weighted by Gasteiger charge is -2.21. The number of ketones is 1. The van der Waals surface area contributed by atoms with Crippen molar-refractivity contribution in [3.8, 4) is 0 Å². The smallest absolute Gasteiger partial charge is 0.362 e. The van der Waals surface area contributed by atoms with Gasteiger partial charge in [0.2, 0.25) is 0 Å². The number of hydrogen-bond acceptors (Lipinski definition) is 4. The van der Waals surface area contributed by atoms with Crippen molar-refractivity contribution in [2.24, 2.45) is 0 Å². The molecule has 1 heterocycles. The van der Waals surface area contributed by atoms with Gasteiger partial charge in [-0.25, -0.2) is 4.98 Å². The average molecular weight is 407 g/mol. The van der Waals surface area contributed by atoms with Gasteiger partial charge in [0, 0.05) is 31.1 Å². The number of alkyl halides is 3.